The van der Waals surface area contributed by atoms with Gasteiger partial charge >= 0.3 is 0 Å². The summed E-state index contributed by atoms with van der Waals surface area (Å²) >= 11 is 0. The lowest BCUT2D eigenvalue weighted by atomic mass is 9.94. The molecule has 14 rings (SSSR count). The molecule has 11 aromatic carbocycles. The molecule has 0 aliphatic carbocycles. The summed E-state index contributed by atoms with van der Waals surface area (Å²) in [6, 6.07) is 83.3. The average molecular weight is 839 g/mol. The van der Waals surface area contributed by atoms with E-state index in [4.69, 9.17) is 9.97 Å². The highest BCUT2D eigenvalue weighted by Crippen LogP contribution is 2.42. The molecule has 66 heavy (non-hydrogen) atoms. The second-order valence-corrected chi connectivity index (χ2v) is 17.3. The van der Waals surface area contributed by atoms with Crippen LogP contribution in [0.5, 0.6) is 0 Å². The largest absolute Gasteiger partial charge is 0.309 e. The van der Waals surface area contributed by atoms with Gasteiger partial charge in [-0.1, -0.05) is 170 Å². The normalized spacial score (nSPS) is 11.9. The molecule has 14 aromatic rings. The zero-order valence-corrected chi connectivity index (χ0v) is 35.7. The molecule has 0 radical (unpaired) electrons. The maximum atomic E-state index is 5.40. The molecule has 0 spiro atoms. The second kappa shape index (κ2) is 14.3. The van der Waals surface area contributed by atoms with Crippen molar-refractivity contribution in [1.82, 2.24) is 19.1 Å². The summed E-state index contributed by atoms with van der Waals surface area (Å²) < 4.78 is 4.72. The highest BCUT2D eigenvalue weighted by Gasteiger charge is 2.20. The minimum Gasteiger partial charge on any atom is -0.309 e. The molecule has 0 saturated heterocycles. The molecule has 306 valence electrons. The third kappa shape index (κ3) is 5.52. The SMILES string of the molecule is c1ccc(-c2nc3cc4c5cc(-c6ccc(-c7nc8ccccc8n7-c7ccc8c9ccccc9c9ccccc9c8c7)cc6)ccc5n(-c5ccccc5)c4cc3c3ccccc23)cc1. The Kier molecular flexibility index (Phi) is 7.95. The van der Waals surface area contributed by atoms with E-state index in [1.165, 1.54) is 48.5 Å². The van der Waals surface area contributed by atoms with Gasteiger partial charge in [0.2, 0.25) is 0 Å². The molecule has 0 unspecified atom stereocenters. The highest BCUT2D eigenvalue weighted by molar-refractivity contribution is 6.26. The van der Waals surface area contributed by atoms with E-state index < -0.39 is 0 Å². The van der Waals surface area contributed by atoms with E-state index in [-0.39, 0.29) is 0 Å². The number of fused-ring (bicyclic) bond motifs is 13. The van der Waals surface area contributed by atoms with E-state index in [2.05, 4.69) is 240 Å². The van der Waals surface area contributed by atoms with E-state index in [1.807, 2.05) is 0 Å². The first-order valence-corrected chi connectivity index (χ1v) is 22.6. The zero-order valence-electron chi connectivity index (χ0n) is 35.7. The topological polar surface area (TPSA) is 35.6 Å². The van der Waals surface area contributed by atoms with Gasteiger partial charge in [0.25, 0.3) is 0 Å². The van der Waals surface area contributed by atoms with Crippen LogP contribution in [-0.4, -0.2) is 19.1 Å². The first-order valence-electron chi connectivity index (χ1n) is 22.6. The fourth-order valence-electron chi connectivity index (χ4n) is 10.6. The molecule has 0 saturated carbocycles. The van der Waals surface area contributed by atoms with Gasteiger partial charge in [-0.3, -0.25) is 4.57 Å². The molecule has 0 aliphatic heterocycles. The maximum absolute atomic E-state index is 5.40. The van der Waals surface area contributed by atoms with E-state index in [1.54, 1.807) is 0 Å². The molecule has 4 nitrogen and oxygen atoms in total. The van der Waals surface area contributed by atoms with Crippen molar-refractivity contribution in [3.63, 3.8) is 0 Å². The Morgan fingerprint density at radius 1 is 0.242 bits per heavy atom. The van der Waals surface area contributed by atoms with Crippen LogP contribution >= 0.6 is 0 Å². The van der Waals surface area contributed by atoms with Crippen molar-refractivity contribution in [2.45, 2.75) is 0 Å². The number of hydrogen-bond donors (Lipinski definition) is 0. The van der Waals surface area contributed by atoms with Crippen LogP contribution in [0.1, 0.15) is 0 Å². The van der Waals surface area contributed by atoms with Crippen LogP contribution in [0.25, 0.3) is 132 Å². The quantitative estimate of drug-likeness (QED) is 0.162. The van der Waals surface area contributed by atoms with Gasteiger partial charge in [-0.05, 0) is 109 Å². The maximum Gasteiger partial charge on any atom is 0.145 e. The van der Waals surface area contributed by atoms with Crippen LogP contribution in [0.4, 0.5) is 0 Å². The van der Waals surface area contributed by atoms with Crippen molar-refractivity contribution < 1.29 is 0 Å². The van der Waals surface area contributed by atoms with Gasteiger partial charge in [0.1, 0.15) is 5.82 Å². The number of hydrogen-bond acceptors (Lipinski definition) is 2. The second-order valence-electron chi connectivity index (χ2n) is 17.3. The lowest BCUT2D eigenvalue weighted by Crippen LogP contribution is -1.98. The molecule has 0 aliphatic rings. The van der Waals surface area contributed by atoms with Gasteiger partial charge in [0.05, 0.1) is 33.3 Å². The first-order chi connectivity index (χ1) is 32.7. The van der Waals surface area contributed by atoms with Crippen LogP contribution in [0, 0.1) is 0 Å². The molecule has 0 atom stereocenters. The first kappa shape index (κ1) is 36.6. The van der Waals surface area contributed by atoms with Crippen LogP contribution in [0.2, 0.25) is 0 Å². The summed E-state index contributed by atoms with van der Waals surface area (Å²) in [4.78, 5) is 10.7. The Bertz CT molecular complexity index is 4220. The molecule has 0 amide bonds. The van der Waals surface area contributed by atoms with Crippen LogP contribution in [0.3, 0.4) is 0 Å². The molecule has 0 bridgehead atoms. The van der Waals surface area contributed by atoms with Crippen LogP contribution < -0.4 is 0 Å². The van der Waals surface area contributed by atoms with Gasteiger partial charge in [-0.15, -0.1) is 0 Å². The molecular formula is C62H38N4. The lowest BCUT2D eigenvalue weighted by Gasteiger charge is -2.14. The van der Waals surface area contributed by atoms with Crippen molar-refractivity contribution in [2.24, 2.45) is 0 Å². The van der Waals surface area contributed by atoms with E-state index in [0.29, 0.717) is 0 Å². The van der Waals surface area contributed by atoms with Gasteiger partial charge in [0, 0.05) is 44.0 Å². The number of imidazole rings is 1. The number of para-hydroxylation sites is 3. The van der Waals surface area contributed by atoms with Gasteiger partial charge in [-0.25, -0.2) is 9.97 Å². The van der Waals surface area contributed by atoms with Crippen LogP contribution in [-0.2, 0) is 0 Å². The van der Waals surface area contributed by atoms with E-state index in [0.717, 1.165) is 83.5 Å². The minimum absolute atomic E-state index is 0.912. The number of rotatable bonds is 5. The average Bonchev–Trinajstić information content (AvgIpc) is 3.94. The zero-order chi connectivity index (χ0) is 43.3. The fourth-order valence-corrected chi connectivity index (χ4v) is 10.6. The molecule has 0 fully saturated rings. The highest BCUT2D eigenvalue weighted by atomic mass is 15.1. The smallest absolute Gasteiger partial charge is 0.145 e. The predicted molar refractivity (Wildman–Crippen MR) is 277 cm³/mol. The van der Waals surface area contributed by atoms with Gasteiger partial charge < -0.3 is 4.57 Å². The van der Waals surface area contributed by atoms with Gasteiger partial charge in [-0.2, -0.15) is 0 Å². The standard InChI is InChI=1S/C62H38N4/c1-3-15-40(16-4-1)61-51-24-12-11-23-49(51)53-38-60-55(37-57(53)63-61)54-35-42(31-34-58(54)65(60)43-17-5-2-6-18-43)39-27-29-41(30-28-39)62-64-56-25-13-14-26-59(56)66(62)44-32-33-50-47-21-8-7-19-45(47)46-20-9-10-22-48(46)52(50)36-44/h1-38H. The Hall–Kier alpha value is -8.86. The monoisotopic (exact) mass is 838 g/mol. The Morgan fingerprint density at radius 2 is 0.803 bits per heavy atom. The summed E-state index contributed by atoms with van der Waals surface area (Å²) in [5, 5.41) is 13.4. The molecule has 0 N–H and O–H groups in total. The molecular weight excluding hydrogens is 801 g/mol. The Morgan fingerprint density at radius 3 is 1.53 bits per heavy atom. The predicted octanol–water partition coefficient (Wildman–Crippen LogP) is 16.3. The summed E-state index contributed by atoms with van der Waals surface area (Å²) in [7, 11) is 0. The van der Waals surface area contributed by atoms with Crippen molar-refractivity contribution in [1.29, 1.82) is 0 Å². The van der Waals surface area contributed by atoms with Gasteiger partial charge in [0.15, 0.2) is 0 Å². The third-order valence-electron chi connectivity index (χ3n) is 13.7. The Balaban J connectivity index is 0.925. The minimum atomic E-state index is 0.912. The van der Waals surface area contributed by atoms with Crippen molar-refractivity contribution in [3.8, 4) is 45.1 Å². The van der Waals surface area contributed by atoms with Crippen molar-refractivity contribution in [2.75, 3.05) is 0 Å². The summed E-state index contributed by atoms with van der Waals surface area (Å²) in [6.07, 6.45) is 0. The van der Waals surface area contributed by atoms with Crippen molar-refractivity contribution in [3.05, 3.63) is 231 Å². The van der Waals surface area contributed by atoms with Crippen LogP contribution in [0.15, 0.2) is 231 Å². The summed E-state index contributed by atoms with van der Waals surface area (Å²) in [5.41, 5.74) is 13.0. The molecule has 3 heterocycles. The van der Waals surface area contributed by atoms with E-state index >= 15 is 0 Å². The number of pyridine rings is 1. The number of benzene rings is 11. The number of aromatic nitrogens is 4. The van der Waals surface area contributed by atoms with E-state index in [9.17, 15) is 0 Å². The Labute approximate surface area is 379 Å². The lowest BCUT2D eigenvalue weighted by molar-refractivity contribution is 1.11. The number of nitrogens with zero attached hydrogens (tertiary/aromatic N) is 4. The fraction of sp³-hybridized carbons (Fsp3) is 0. The third-order valence-corrected chi connectivity index (χ3v) is 13.7. The van der Waals surface area contributed by atoms with Crippen molar-refractivity contribution >= 4 is 86.8 Å². The molecule has 4 heteroatoms. The summed E-state index contributed by atoms with van der Waals surface area (Å²) in [6.45, 7) is 0. The summed E-state index contributed by atoms with van der Waals surface area (Å²) in [5.74, 6) is 0.912. The molecule has 3 aromatic heterocycles.